The van der Waals surface area contributed by atoms with Gasteiger partial charge in [0.1, 0.15) is 0 Å². The molecule has 4 heteroatoms. The van der Waals surface area contributed by atoms with Crippen LogP contribution in [0.15, 0.2) is 212 Å². The molecule has 8 aromatic rings. The van der Waals surface area contributed by atoms with Crippen molar-refractivity contribution in [2.45, 2.75) is 12.3 Å². The van der Waals surface area contributed by atoms with E-state index in [9.17, 15) is 5.26 Å². The molecule has 0 fully saturated rings. The van der Waals surface area contributed by atoms with Gasteiger partial charge in [0, 0.05) is 16.7 Å². The number of nitrogens with zero attached hydrogens (tertiary/aromatic N) is 4. The molecule has 7 aromatic carbocycles. The second-order valence-corrected chi connectivity index (χ2v) is 14.5. The highest BCUT2D eigenvalue weighted by Crippen LogP contribution is 2.56. The van der Waals surface area contributed by atoms with Crippen molar-refractivity contribution in [1.82, 2.24) is 15.0 Å². The summed E-state index contributed by atoms with van der Waals surface area (Å²) in [5.74, 6) is 1.83. The fraction of sp³-hybridized carbons (Fsp3) is 0.0370. The molecule has 4 nitrogen and oxygen atoms in total. The third-order valence-electron chi connectivity index (χ3n) is 11.0. The minimum atomic E-state index is -0.610. The Labute approximate surface area is 339 Å². The zero-order valence-corrected chi connectivity index (χ0v) is 32.0. The van der Waals surface area contributed by atoms with E-state index in [1.165, 1.54) is 22.3 Å². The highest BCUT2D eigenvalue weighted by atomic mass is 15.0. The Hall–Kier alpha value is -7.74. The van der Waals surface area contributed by atoms with Gasteiger partial charge in [-0.1, -0.05) is 194 Å². The Morgan fingerprint density at radius 2 is 1.03 bits per heavy atom. The topological polar surface area (TPSA) is 62.5 Å². The van der Waals surface area contributed by atoms with Crippen LogP contribution < -0.4 is 0 Å². The smallest absolute Gasteiger partial charge is 0.164 e. The average molecular weight is 743 g/mol. The molecule has 0 radical (unpaired) electrons. The summed E-state index contributed by atoms with van der Waals surface area (Å²) in [6, 6.07) is 64.8. The Bertz CT molecular complexity index is 2870. The van der Waals surface area contributed by atoms with Crippen LogP contribution in [-0.2, 0) is 5.41 Å². The molecule has 1 aromatic heterocycles. The molecule has 58 heavy (non-hydrogen) atoms. The van der Waals surface area contributed by atoms with Gasteiger partial charge < -0.3 is 0 Å². The van der Waals surface area contributed by atoms with Crippen molar-refractivity contribution in [3.05, 3.63) is 240 Å². The molecule has 274 valence electrons. The minimum absolute atomic E-state index is 0.602. The summed E-state index contributed by atoms with van der Waals surface area (Å²) in [4.78, 5) is 15.3. The molecule has 1 aliphatic rings. The van der Waals surface area contributed by atoms with E-state index >= 15 is 0 Å². The van der Waals surface area contributed by atoms with E-state index in [1.54, 1.807) is 6.07 Å². The van der Waals surface area contributed by atoms with Crippen molar-refractivity contribution in [1.29, 1.82) is 5.26 Å². The van der Waals surface area contributed by atoms with Crippen LogP contribution in [0.4, 0.5) is 0 Å². The Balaban J connectivity index is 1.18. The maximum atomic E-state index is 9.46. The third-order valence-corrected chi connectivity index (χ3v) is 11.0. The van der Waals surface area contributed by atoms with Crippen LogP contribution in [-0.4, -0.2) is 15.0 Å². The fourth-order valence-corrected chi connectivity index (χ4v) is 8.20. The molecular formula is C54H38N4. The Morgan fingerprint density at radius 1 is 0.534 bits per heavy atom. The van der Waals surface area contributed by atoms with Crippen LogP contribution in [0.1, 0.15) is 34.7 Å². The summed E-state index contributed by atoms with van der Waals surface area (Å²) in [6.07, 6.45) is 6.28. The molecule has 0 spiro atoms. The molecular weight excluding hydrogens is 705 g/mol. The number of fused-ring (bicyclic) bond motifs is 3. The molecule has 1 heterocycles. The van der Waals surface area contributed by atoms with Crippen molar-refractivity contribution in [2.75, 3.05) is 0 Å². The molecule has 0 bridgehead atoms. The number of hydrogen-bond donors (Lipinski definition) is 0. The number of rotatable bonds is 9. The van der Waals surface area contributed by atoms with Gasteiger partial charge in [-0.3, -0.25) is 0 Å². The second-order valence-electron chi connectivity index (χ2n) is 14.5. The summed E-state index contributed by atoms with van der Waals surface area (Å²) >= 11 is 0. The molecule has 0 saturated heterocycles. The predicted octanol–water partition coefficient (Wildman–Crippen LogP) is 12.9. The van der Waals surface area contributed by atoms with Crippen LogP contribution >= 0.6 is 0 Å². The van der Waals surface area contributed by atoms with Gasteiger partial charge in [-0.25, -0.2) is 15.0 Å². The van der Waals surface area contributed by atoms with Gasteiger partial charge in [0.25, 0.3) is 0 Å². The largest absolute Gasteiger partial charge is 0.208 e. The zero-order chi connectivity index (χ0) is 39.5. The van der Waals surface area contributed by atoms with Crippen molar-refractivity contribution in [3.63, 3.8) is 0 Å². The zero-order valence-electron chi connectivity index (χ0n) is 32.0. The van der Waals surface area contributed by atoms with Gasteiger partial charge in [0.05, 0.1) is 17.0 Å². The SMILES string of the molecule is C=C(/C=C\C=C(/C)C1(c2cccc(-c3nc(-c4ccccc4)nc(-c4ccc(-c5ccccc5)cc4)n3)c2)c2ccccc2-c2ccccc21)c1cccc(C#N)c1. The first kappa shape index (κ1) is 35.9. The van der Waals surface area contributed by atoms with Gasteiger partial charge in [-0.15, -0.1) is 0 Å². The van der Waals surface area contributed by atoms with Crippen LogP contribution in [0.5, 0.6) is 0 Å². The molecule has 0 aliphatic heterocycles. The maximum absolute atomic E-state index is 9.46. The lowest BCUT2D eigenvalue weighted by Gasteiger charge is -2.34. The van der Waals surface area contributed by atoms with Crippen LogP contribution in [0, 0.1) is 11.3 Å². The molecule has 0 amide bonds. The lowest BCUT2D eigenvalue weighted by atomic mass is 9.67. The van der Waals surface area contributed by atoms with Gasteiger partial charge in [-0.2, -0.15) is 5.26 Å². The number of nitriles is 1. The maximum Gasteiger partial charge on any atom is 0.164 e. The monoisotopic (exact) mass is 742 g/mol. The normalized spacial score (nSPS) is 12.8. The summed E-state index contributed by atoms with van der Waals surface area (Å²) < 4.78 is 0. The van der Waals surface area contributed by atoms with E-state index in [2.05, 4.69) is 153 Å². The van der Waals surface area contributed by atoms with E-state index in [-0.39, 0.29) is 0 Å². The molecule has 9 rings (SSSR count). The molecule has 0 N–H and O–H groups in total. The number of allylic oxidation sites excluding steroid dienone is 5. The van der Waals surface area contributed by atoms with Gasteiger partial charge in [0.2, 0.25) is 0 Å². The molecule has 0 saturated carbocycles. The predicted molar refractivity (Wildman–Crippen MR) is 236 cm³/mol. The van der Waals surface area contributed by atoms with Crippen LogP contribution in [0.25, 0.3) is 62.0 Å². The lowest BCUT2D eigenvalue weighted by molar-refractivity contribution is 0.746. The highest BCUT2D eigenvalue weighted by molar-refractivity contribution is 5.86. The van der Waals surface area contributed by atoms with Crippen molar-refractivity contribution in [2.24, 2.45) is 0 Å². The first-order valence-corrected chi connectivity index (χ1v) is 19.4. The number of benzene rings is 7. The average Bonchev–Trinajstić information content (AvgIpc) is 3.60. The van der Waals surface area contributed by atoms with Crippen molar-refractivity contribution in [3.8, 4) is 62.5 Å². The molecule has 0 unspecified atom stereocenters. The summed E-state index contributed by atoms with van der Waals surface area (Å²) in [7, 11) is 0. The Kier molecular flexibility index (Phi) is 9.55. The van der Waals surface area contributed by atoms with Crippen molar-refractivity contribution < 1.29 is 0 Å². The van der Waals surface area contributed by atoms with Gasteiger partial charge >= 0.3 is 0 Å². The Morgan fingerprint density at radius 3 is 1.67 bits per heavy atom. The van der Waals surface area contributed by atoms with Crippen LogP contribution in [0.2, 0.25) is 0 Å². The summed E-state index contributed by atoms with van der Waals surface area (Å²) in [6.45, 7) is 6.53. The second kappa shape index (κ2) is 15.4. The standard InChI is InChI=1S/C54H38N4/c1-37(44-23-14-18-39(34-44)36-55)16-13-17-38(2)54(49-28-11-9-26-47(49)48-27-10-12-29-50(48)54)46-25-15-24-45(35-46)53-57-51(42-21-7-4-8-22-42)56-52(58-53)43-32-30-41(31-33-43)40-19-5-3-6-20-40/h3-35H,1H2,2H3/b16-13-,38-17+. The van der Waals surface area contributed by atoms with E-state index in [1.807, 2.05) is 60.7 Å². The third kappa shape index (κ3) is 6.55. The number of aromatic nitrogens is 3. The van der Waals surface area contributed by atoms with E-state index in [0.29, 0.717) is 23.0 Å². The van der Waals surface area contributed by atoms with Crippen molar-refractivity contribution >= 4 is 5.57 Å². The van der Waals surface area contributed by atoms with E-state index < -0.39 is 5.41 Å². The minimum Gasteiger partial charge on any atom is -0.208 e. The lowest BCUT2D eigenvalue weighted by Crippen LogP contribution is -2.28. The quantitative estimate of drug-likeness (QED) is 0.138. The fourth-order valence-electron chi connectivity index (χ4n) is 8.20. The number of hydrogen-bond acceptors (Lipinski definition) is 4. The first-order valence-electron chi connectivity index (χ1n) is 19.4. The van der Waals surface area contributed by atoms with E-state index in [0.717, 1.165) is 50.1 Å². The molecule has 1 aliphatic carbocycles. The van der Waals surface area contributed by atoms with E-state index in [4.69, 9.17) is 15.0 Å². The summed E-state index contributed by atoms with van der Waals surface area (Å²) in [5, 5.41) is 9.46. The molecule has 0 atom stereocenters. The summed E-state index contributed by atoms with van der Waals surface area (Å²) in [5.41, 5.74) is 13.9. The highest BCUT2D eigenvalue weighted by Gasteiger charge is 2.45. The first-order chi connectivity index (χ1) is 28.5. The van der Waals surface area contributed by atoms with Gasteiger partial charge in [-0.05, 0) is 75.2 Å². The van der Waals surface area contributed by atoms with Gasteiger partial charge in [0.15, 0.2) is 17.5 Å². The van der Waals surface area contributed by atoms with Crippen LogP contribution in [0.3, 0.4) is 0 Å².